The first-order valence-electron chi connectivity index (χ1n) is 16.4. The third kappa shape index (κ3) is 8.50. The van der Waals surface area contributed by atoms with Gasteiger partial charge in [-0.05, 0) is 54.5 Å². The highest BCUT2D eigenvalue weighted by molar-refractivity contribution is 5.95. The van der Waals surface area contributed by atoms with Crippen molar-refractivity contribution in [2.75, 3.05) is 59.6 Å². The highest BCUT2D eigenvalue weighted by Gasteiger charge is 2.49. The molecule has 2 aromatic rings. The Morgan fingerprint density at radius 1 is 1.11 bits per heavy atom. The van der Waals surface area contributed by atoms with Crippen LogP contribution < -0.4 is 19.1 Å². The molecule has 2 aliphatic rings. The van der Waals surface area contributed by atoms with Crippen molar-refractivity contribution in [3.05, 3.63) is 47.5 Å². The van der Waals surface area contributed by atoms with Crippen molar-refractivity contribution in [3.8, 4) is 17.2 Å². The van der Waals surface area contributed by atoms with Gasteiger partial charge >= 0.3 is 5.97 Å². The average molecular weight is 625 g/mol. The van der Waals surface area contributed by atoms with Gasteiger partial charge in [0.1, 0.15) is 6.54 Å². The second kappa shape index (κ2) is 14.4. The Morgan fingerprint density at radius 2 is 1.87 bits per heavy atom. The van der Waals surface area contributed by atoms with Crippen molar-refractivity contribution in [1.82, 2.24) is 4.90 Å². The number of ether oxygens (including phenoxy) is 3. The van der Waals surface area contributed by atoms with E-state index < -0.39 is 11.9 Å². The van der Waals surface area contributed by atoms with Crippen LogP contribution >= 0.6 is 0 Å². The van der Waals surface area contributed by atoms with Gasteiger partial charge in [-0.3, -0.25) is 14.5 Å². The molecule has 3 atom stereocenters. The highest BCUT2D eigenvalue weighted by atomic mass is 16.7. The number of amides is 1. The fourth-order valence-electron chi connectivity index (χ4n) is 7.14. The van der Waals surface area contributed by atoms with Crippen LogP contribution in [-0.4, -0.2) is 87.1 Å². The molecular formula is C36H54N3O6+. The normalized spacial score (nSPS) is 20.0. The van der Waals surface area contributed by atoms with E-state index in [2.05, 4.69) is 65.9 Å². The molecule has 9 nitrogen and oxygen atoms in total. The Kier molecular flexibility index (Phi) is 11.1. The molecule has 248 valence electrons. The lowest BCUT2D eigenvalue weighted by molar-refractivity contribution is -0.884. The number of hydrogen-bond donors (Lipinski definition) is 1. The molecule has 0 bridgehead atoms. The second-order valence-electron chi connectivity index (χ2n) is 14.6. The van der Waals surface area contributed by atoms with Crippen molar-refractivity contribution in [1.29, 1.82) is 0 Å². The maximum atomic E-state index is 14.3. The van der Waals surface area contributed by atoms with Gasteiger partial charge in [-0.25, -0.2) is 0 Å². The molecule has 1 amide bonds. The summed E-state index contributed by atoms with van der Waals surface area (Å²) in [4.78, 5) is 31.4. The first kappa shape index (κ1) is 34.6. The smallest absolute Gasteiger partial charge is 0.308 e. The number of benzene rings is 2. The zero-order chi connectivity index (χ0) is 32.9. The van der Waals surface area contributed by atoms with Crippen molar-refractivity contribution in [2.45, 2.75) is 78.3 Å². The van der Waals surface area contributed by atoms with E-state index in [1.807, 2.05) is 29.2 Å². The van der Waals surface area contributed by atoms with Crippen LogP contribution in [0.2, 0.25) is 0 Å². The number of carbonyl (C=O) groups is 2. The average Bonchev–Trinajstić information content (AvgIpc) is 3.56. The summed E-state index contributed by atoms with van der Waals surface area (Å²) in [6, 6.07) is 11.7. The number of quaternary nitrogens is 1. The minimum absolute atomic E-state index is 0.00259. The lowest BCUT2D eigenvalue weighted by Gasteiger charge is -2.35. The van der Waals surface area contributed by atoms with Crippen LogP contribution in [0.3, 0.4) is 0 Å². The van der Waals surface area contributed by atoms with Crippen LogP contribution in [0.25, 0.3) is 0 Å². The fraction of sp³-hybridized carbons (Fsp3) is 0.611. The molecule has 2 aliphatic heterocycles. The Morgan fingerprint density at radius 3 is 2.51 bits per heavy atom. The molecule has 1 saturated heterocycles. The summed E-state index contributed by atoms with van der Waals surface area (Å²) in [5.41, 5.74) is 2.82. The van der Waals surface area contributed by atoms with E-state index >= 15 is 0 Å². The van der Waals surface area contributed by atoms with Crippen molar-refractivity contribution in [3.63, 3.8) is 0 Å². The second-order valence-corrected chi connectivity index (χ2v) is 14.6. The Balaban J connectivity index is 1.70. The van der Waals surface area contributed by atoms with Crippen LogP contribution in [0.4, 0.5) is 5.69 Å². The third-order valence-corrected chi connectivity index (χ3v) is 9.08. The van der Waals surface area contributed by atoms with E-state index in [9.17, 15) is 14.7 Å². The topological polar surface area (TPSA) is 88.5 Å². The molecular weight excluding hydrogens is 570 g/mol. The molecule has 9 heteroatoms. The molecule has 0 spiro atoms. The number of likely N-dealkylation sites (tertiary alicyclic amines) is 1. The number of carboxylic acid groups (broad SMARTS) is 1. The molecule has 1 N–H and O–H groups in total. The lowest BCUT2D eigenvalue weighted by atomic mass is 9.76. The van der Waals surface area contributed by atoms with Crippen molar-refractivity contribution in [2.24, 2.45) is 11.3 Å². The van der Waals surface area contributed by atoms with Crippen LogP contribution in [-0.2, 0) is 16.1 Å². The number of nitrogens with zero attached hydrogens (tertiary/aromatic N) is 3. The largest absolute Gasteiger partial charge is 0.493 e. The van der Waals surface area contributed by atoms with Gasteiger partial charge in [0.25, 0.3) is 0 Å². The van der Waals surface area contributed by atoms with E-state index in [1.54, 1.807) is 7.11 Å². The minimum atomic E-state index is -0.847. The summed E-state index contributed by atoms with van der Waals surface area (Å²) in [7, 11) is 8.05. The fourth-order valence-corrected chi connectivity index (χ4v) is 7.14. The molecule has 4 rings (SSSR count). The van der Waals surface area contributed by atoms with Gasteiger partial charge < -0.3 is 28.7 Å². The monoisotopic (exact) mass is 624 g/mol. The number of fused-ring (bicyclic) bond motifs is 1. The Bertz CT molecular complexity index is 1340. The number of anilines is 1. The van der Waals surface area contributed by atoms with Gasteiger partial charge in [-0.1, -0.05) is 52.7 Å². The van der Waals surface area contributed by atoms with Gasteiger partial charge in [-0.15, -0.1) is 0 Å². The standard InChI is InChI=1S/C36H53N3O6/c1-9-11-16-38(27-14-12-13-25(17-27)23-39(5,6)7)32(40)22-37-21-28(26-18-30(43-8)34-31(19-26)44-24-45-34)33(35(41)42)29(37)20-36(3,4)15-10-2/h12-14,17-19,28-29,33H,9-11,15-16,20-24H2,1-8H3/p+1/t28-,29+,33-/m1/s1. The molecule has 0 radical (unpaired) electrons. The molecule has 45 heavy (non-hydrogen) atoms. The molecule has 0 unspecified atom stereocenters. The summed E-state index contributed by atoms with van der Waals surface area (Å²) in [5, 5.41) is 10.7. The maximum Gasteiger partial charge on any atom is 0.308 e. The molecule has 1 fully saturated rings. The SMILES string of the molecule is CCCCN(C(=O)CN1C[C@H](c2cc(OC)c3c(c2)OCO3)[C@@H](C(=O)O)[C@@H]1CC(C)(C)CCC)c1cccc(C[N+](C)(C)C)c1. The van der Waals surface area contributed by atoms with E-state index in [-0.39, 0.29) is 36.6 Å². The molecule has 0 aliphatic carbocycles. The number of carbonyl (C=O) groups excluding carboxylic acids is 1. The zero-order valence-electron chi connectivity index (χ0n) is 28.6. The van der Waals surface area contributed by atoms with Crippen LogP contribution in [0.5, 0.6) is 17.2 Å². The van der Waals surface area contributed by atoms with Gasteiger partial charge in [0.2, 0.25) is 18.4 Å². The quantitative estimate of drug-likeness (QED) is 0.238. The predicted molar refractivity (Wildman–Crippen MR) is 177 cm³/mol. The summed E-state index contributed by atoms with van der Waals surface area (Å²) >= 11 is 0. The Hall–Kier alpha value is -3.30. The summed E-state index contributed by atoms with van der Waals surface area (Å²) in [5.74, 6) is -0.268. The molecule has 2 heterocycles. The summed E-state index contributed by atoms with van der Waals surface area (Å²) in [6.45, 7) is 10.9. The number of rotatable bonds is 15. The van der Waals surface area contributed by atoms with Crippen LogP contribution in [0, 0.1) is 11.3 Å². The summed E-state index contributed by atoms with van der Waals surface area (Å²) < 4.78 is 17.7. The van der Waals surface area contributed by atoms with E-state index in [0.29, 0.717) is 36.8 Å². The Labute approximate surface area is 269 Å². The van der Waals surface area contributed by atoms with Crippen molar-refractivity contribution < 1.29 is 33.4 Å². The van der Waals surface area contributed by atoms with Gasteiger partial charge in [0, 0.05) is 36.3 Å². The van der Waals surface area contributed by atoms with Crippen molar-refractivity contribution >= 4 is 17.6 Å². The van der Waals surface area contributed by atoms with Crippen LogP contribution in [0.1, 0.15) is 76.8 Å². The maximum absolute atomic E-state index is 14.3. The zero-order valence-corrected chi connectivity index (χ0v) is 28.6. The highest BCUT2D eigenvalue weighted by Crippen LogP contribution is 2.48. The van der Waals surface area contributed by atoms with E-state index in [1.165, 1.54) is 5.56 Å². The van der Waals surface area contributed by atoms with Gasteiger partial charge in [0.05, 0.1) is 40.7 Å². The number of unbranched alkanes of at least 4 members (excludes halogenated alkanes) is 1. The third-order valence-electron chi connectivity index (χ3n) is 9.08. The predicted octanol–water partition coefficient (Wildman–Crippen LogP) is 6.15. The number of methoxy groups -OCH3 is 1. The summed E-state index contributed by atoms with van der Waals surface area (Å²) in [6.07, 6.45) is 4.51. The van der Waals surface area contributed by atoms with E-state index in [0.717, 1.165) is 48.0 Å². The van der Waals surface area contributed by atoms with Gasteiger partial charge in [0.15, 0.2) is 11.5 Å². The number of hydrogen-bond acceptors (Lipinski definition) is 6. The minimum Gasteiger partial charge on any atom is -0.493 e. The number of aliphatic carboxylic acids is 1. The van der Waals surface area contributed by atoms with Crippen LogP contribution in [0.15, 0.2) is 36.4 Å². The molecule has 0 aromatic heterocycles. The van der Waals surface area contributed by atoms with E-state index in [4.69, 9.17) is 14.2 Å². The lowest BCUT2D eigenvalue weighted by Crippen LogP contribution is -2.46. The number of carboxylic acids is 1. The molecule has 2 aromatic carbocycles. The molecule has 0 saturated carbocycles. The van der Waals surface area contributed by atoms with Gasteiger partial charge in [-0.2, -0.15) is 0 Å². The first-order valence-corrected chi connectivity index (χ1v) is 16.4. The first-order chi connectivity index (χ1) is 21.3.